The monoisotopic (exact) mass is 274 g/mol. The van der Waals surface area contributed by atoms with E-state index in [1.165, 1.54) is 17.1 Å². The zero-order valence-electron chi connectivity index (χ0n) is 11.0. The third-order valence-corrected chi connectivity index (χ3v) is 4.77. The van der Waals surface area contributed by atoms with Gasteiger partial charge in [0.15, 0.2) is 0 Å². The van der Waals surface area contributed by atoms with Crippen molar-refractivity contribution in [3.8, 4) is 0 Å². The lowest BCUT2D eigenvalue weighted by atomic mass is 9.90. The summed E-state index contributed by atoms with van der Waals surface area (Å²) in [6, 6.07) is 10.5. The molecule has 1 N–H and O–H groups in total. The molecular weight excluding hydrogens is 256 g/mol. The summed E-state index contributed by atoms with van der Waals surface area (Å²) in [6.45, 7) is 3.91. The van der Waals surface area contributed by atoms with E-state index in [4.69, 9.17) is 0 Å². The maximum atomic E-state index is 10.9. The molecule has 3 rings (SSSR count). The molecule has 1 aromatic carbocycles. The molecule has 4 heteroatoms. The summed E-state index contributed by atoms with van der Waals surface area (Å²) in [5.74, 6) is 0. The number of benzene rings is 1. The number of rotatable bonds is 3. The molecule has 0 spiro atoms. The van der Waals surface area contributed by atoms with Crippen LogP contribution in [0.4, 0.5) is 0 Å². The van der Waals surface area contributed by atoms with Gasteiger partial charge in [0.2, 0.25) is 0 Å². The summed E-state index contributed by atoms with van der Waals surface area (Å²) in [4.78, 5) is 2.34. The largest absolute Gasteiger partial charge is 0.383 e. The van der Waals surface area contributed by atoms with Gasteiger partial charge in [0.1, 0.15) is 5.60 Å². The lowest BCUT2D eigenvalue weighted by Crippen LogP contribution is -2.39. The third-order valence-electron chi connectivity index (χ3n) is 4.18. The van der Waals surface area contributed by atoms with Crippen molar-refractivity contribution in [3.05, 3.63) is 53.0 Å². The third kappa shape index (κ3) is 2.31. The molecule has 2 aromatic rings. The molecule has 2 atom stereocenters. The van der Waals surface area contributed by atoms with E-state index in [1.54, 1.807) is 6.20 Å². The Morgan fingerprint density at radius 2 is 2.21 bits per heavy atom. The molecule has 19 heavy (non-hydrogen) atoms. The van der Waals surface area contributed by atoms with E-state index in [2.05, 4.69) is 40.5 Å². The highest BCUT2D eigenvalue weighted by Gasteiger charge is 2.44. The molecule has 0 bridgehead atoms. The van der Waals surface area contributed by atoms with Crippen molar-refractivity contribution in [1.82, 2.24) is 9.27 Å². The van der Waals surface area contributed by atoms with E-state index < -0.39 is 5.60 Å². The first-order valence-corrected chi connectivity index (χ1v) is 7.44. The molecule has 1 aromatic heterocycles. The summed E-state index contributed by atoms with van der Waals surface area (Å²) in [5, 5.41) is 12.9. The van der Waals surface area contributed by atoms with Crippen LogP contribution >= 0.6 is 11.5 Å². The Balaban J connectivity index is 1.77. The van der Waals surface area contributed by atoms with Crippen LogP contribution < -0.4 is 0 Å². The minimum atomic E-state index is -0.748. The number of likely N-dealkylation sites (tertiary alicyclic amines) is 1. The highest BCUT2D eigenvalue weighted by molar-refractivity contribution is 7.03. The smallest absolute Gasteiger partial charge is 0.108 e. The van der Waals surface area contributed by atoms with E-state index in [0.717, 1.165) is 25.1 Å². The van der Waals surface area contributed by atoms with Crippen molar-refractivity contribution in [1.29, 1.82) is 0 Å². The standard InChI is InChI=1S/C15H18N2OS/c1-12-15(18,14-9-16-19-11-14)7-8-17(12)10-13-5-3-2-4-6-13/h2-6,9,11-12,18H,7-8,10H2,1H3. The van der Waals surface area contributed by atoms with Gasteiger partial charge in [-0.25, -0.2) is 4.37 Å². The molecule has 2 unspecified atom stereocenters. The maximum Gasteiger partial charge on any atom is 0.108 e. The average Bonchev–Trinajstić information content (AvgIpc) is 3.05. The molecule has 0 amide bonds. The second-order valence-corrected chi connectivity index (χ2v) is 5.88. The number of hydrogen-bond acceptors (Lipinski definition) is 4. The van der Waals surface area contributed by atoms with Crippen LogP contribution in [0.2, 0.25) is 0 Å². The summed E-state index contributed by atoms with van der Waals surface area (Å²) in [7, 11) is 0. The van der Waals surface area contributed by atoms with Crippen LogP contribution in [0, 0.1) is 0 Å². The number of aromatic nitrogens is 1. The van der Waals surface area contributed by atoms with Crippen LogP contribution in [0.5, 0.6) is 0 Å². The predicted molar refractivity (Wildman–Crippen MR) is 76.9 cm³/mol. The van der Waals surface area contributed by atoms with Gasteiger partial charge in [0, 0.05) is 36.3 Å². The Kier molecular flexibility index (Phi) is 3.39. The van der Waals surface area contributed by atoms with Crippen molar-refractivity contribution in [2.24, 2.45) is 0 Å². The van der Waals surface area contributed by atoms with Crippen LogP contribution in [0.25, 0.3) is 0 Å². The Hall–Kier alpha value is -1.23. The van der Waals surface area contributed by atoms with Gasteiger partial charge in [0.05, 0.1) is 0 Å². The summed E-state index contributed by atoms with van der Waals surface area (Å²) >= 11 is 1.40. The highest BCUT2D eigenvalue weighted by Crippen LogP contribution is 2.38. The number of nitrogens with zero attached hydrogens (tertiary/aromatic N) is 2. The van der Waals surface area contributed by atoms with E-state index in [1.807, 2.05) is 11.4 Å². The van der Waals surface area contributed by atoms with Crippen LogP contribution in [0.3, 0.4) is 0 Å². The fraction of sp³-hybridized carbons (Fsp3) is 0.400. The SMILES string of the molecule is CC1N(Cc2ccccc2)CCC1(O)c1cnsc1. The van der Waals surface area contributed by atoms with E-state index in [0.29, 0.717) is 0 Å². The number of aliphatic hydroxyl groups is 1. The molecule has 100 valence electrons. The molecule has 0 aliphatic carbocycles. The van der Waals surface area contributed by atoms with Crippen molar-refractivity contribution in [3.63, 3.8) is 0 Å². The molecule has 1 saturated heterocycles. The first-order valence-electron chi connectivity index (χ1n) is 6.60. The van der Waals surface area contributed by atoms with E-state index in [9.17, 15) is 5.11 Å². The van der Waals surface area contributed by atoms with Crippen LogP contribution in [0.15, 0.2) is 41.9 Å². The molecular formula is C15H18N2OS. The molecule has 0 radical (unpaired) electrons. The van der Waals surface area contributed by atoms with Gasteiger partial charge < -0.3 is 5.11 Å². The van der Waals surface area contributed by atoms with Gasteiger partial charge in [-0.15, -0.1) is 0 Å². The summed E-state index contributed by atoms with van der Waals surface area (Å²) in [6.07, 6.45) is 2.58. The molecule has 3 nitrogen and oxygen atoms in total. The lowest BCUT2D eigenvalue weighted by molar-refractivity contribution is 0.00494. The Labute approximate surface area is 117 Å². The molecule has 0 saturated carbocycles. The lowest BCUT2D eigenvalue weighted by Gasteiger charge is -2.30. The van der Waals surface area contributed by atoms with Gasteiger partial charge in [-0.3, -0.25) is 4.90 Å². The summed E-state index contributed by atoms with van der Waals surface area (Å²) < 4.78 is 4.12. The minimum absolute atomic E-state index is 0.115. The van der Waals surface area contributed by atoms with Crippen molar-refractivity contribution in [2.45, 2.75) is 31.5 Å². The van der Waals surface area contributed by atoms with Crippen molar-refractivity contribution < 1.29 is 5.11 Å². The maximum absolute atomic E-state index is 10.9. The van der Waals surface area contributed by atoms with Gasteiger partial charge in [-0.1, -0.05) is 30.3 Å². The number of hydrogen-bond donors (Lipinski definition) is 1. The van der Waals surface area contributed by atoms with Gasteiger partial charge in [-0.05, 0) is 30.4 Å². The quantitative estimate of drug-likeness (QED) is 0.934. The molecule has 1 aliphatic rings. The van der Waals surface area contributed by atoms with Crippen LogP contribution in [0.1, 0.15) is 24.5 Å². The molecule has 1 fully saturated rings. The van der Waals surface area contributed by atoms with Crippen LogP contribution in [-0.2, 0) is 12.1 Å². The van der Waals surface area contributed by atoms with E-state index >= 15 is 0 Å². The normalized spacial score (nSPS) is 27.8. The molecule has 1 aliphatic heterocycles. The van der Waals surface area contributed by atoms with Gasteiger partial charge in [-0.2, -0.15) is 0 Å². The topological polar surface area (TPSA) is 36.4 Å². The zero-order valence-corrected chi connectivity index (χ0v) is 11.8. The Morgan fingerprint density at radius 3 is 2.89 bits per heavy atom. The van der Waals surface area contributed by atoms with Crippen molar-refractivity contribution >= 4 is 11.5 Å². The second kappa shape index (κ2) is 5.04. The zero-order chi connectivity index (χ0) is 13.3. The van der Waals surface area contributed by atoms with E-state index in [-0.39, 0.29) is 6.04 Å². The first-order chi connectivity index (χ1) is 9.20. The average molecular weight is 274 g/mol. The first kappa shape index (κ1) is 12.8. The second-order valence-electron chi connectivity index (χ2n) is 5.22. The highest BCUT2D eigenvalue weighted by atomic mass is 32.1. The fourth-order valence-corrected chi connectivity index (χ4v) is 3.47. The Morgan fingerprint density at radius 1 is 1.42 bits per heavy atom. The van der Waals surface area contributed by atoms with Crippen molar-refractivity contribution in [2.75, 3.05) is 6.54 Å². The van der Waals surface area contributed by atoms with Gasteiger partial charge in [0.25, 0.3) is 0 Å². The predicted octanol–water partition coefficient (Wildman–Crippen LogP) is 2.63. The molecule has 2 heterocycles. The summed E-state index contributed by atoms with van der Waals surface area (Å²) in [5.41, 5.74) is 1.50. The Bertz CT molecular complexity index is 528. The van der Waals surface area contributed by atoms with Crippen LogP contribution in [-0.4, -0.2) is 27.0 Å². The fourth-order valence-electron chi connectivity index (χ4n) is 2.86. The van der Waals surface area contributed by atoms with Gasteiger partial charge >= 0.3 is 0 Å². The minimum Gasteiger partial charge on any atom is -0.383 e.